The maximum absolute atomic E-state index is 6.42. The standard InChI is InChI=1S/C15H21ClN4/c1-4-12-15(16)14(19(3)18-12)10-20(5-2)13-9-7-6-8-11(13)17/h6-9H,4-5,10,17H2,1-3H3. The lowest BCUT2D eigenvalue weighted by Gasteiger charge is -2.24. The van der Waals surface area contributed by atoms with Crippen molar-refractivity contribution >= 4 is 23.0 Å². The van der Waals surface area contributed by atoms with Gasteiger partial charge in [0, 0.05) is 13.6 Å². The van der Waals surface area contributed by atoms with E-state index in [1.54, 1.807) is 0 Å². The molecule has 108 valence electrons. The summed E-state index contributed by atoms with van der Waals surface area (Å²) in [7, 11) is 1.93. The maximum atomic E-state index is 6.42. The van der Waals surface area contributed by atoms with Crippen molar-refractivity contribution < 1.29 is 0 Å². The van der Waals surface area contributed by atoms with Crippen molar-refractivity contribution in [3.05, 3.63) is 40.7 Å². The van der Waals surface area contributed by atoms with Crippen LogP contribution in [0, 0.1) is 0 Å². The summed E-state index contributed by atoms with van der Waals surface area (Å²) in [5, 5.41) is 5.23. The second-order valence-corrected chi connectivity index (χ2v) is 5.14. The first-order valence-corrected chi connectivity index (χ1v) is 7.25. The van der Waals surface area contributed by atoms with Crippen LogP contribution >= 0.6 is 11.6 Å². The van der Waals surface area contributed by atoms with Gasteiger partial charge in [0.25, 0.3) is 0 Å². The number of nitrogens with zero attached hydrogens (tertiary/aromatic N) is 3. The Balaban J connectivity index is 2.32. The molecule has 2 N–H and O–H groups in total. The van der Waals surface area contributed by atoms with Crippen molar-refractivity contribution in [2.45, 2.75) is 26.8 Å². The minimum Gasteiger partial charge on any atom is -0.397 e. The molecule has 0 fully saturated rings. The molecule has 0 bridgehead atoms. The first-order valence-electron chi connectivity index (χ1n) is 6.88. The maximum Gasteiger partial charge on any atom is 0.0868 e. The van der Waals surface area contributed by atoms with Crippen LogP contribution in [0.4, 0.5) is 11.4 Å². The summed E-state index contributed by atoms with van der Waals surface area (Å²) in [6, 6.07) is 7.89. The quantitative estimate of drug-likeness (QED) is 0.861. The van der Waals surface area contributed by atoms with Crippen molar-refractivity contribution in [3.8, 4) is 0 Å². The summed E-state index contributed by atoms with van der Waals surface area (Å²) >= 11 is 6.42. The van der Waals surface area contributed by atoms with E-state index < -0.39 is 0 Å². The van der Waals surface area contributed by atoms with Gasteiger partial charge in [-0.05, 0) is 25.5 Å². The van der Waals surface area contributed by atoms with E-state index in [1.165, 1.54) is 0 Å². The fourth-order valence-electron chi connectivity index (χ4n) is 2.32. The van der Waals surface area contributed by atoms with E-state index in [1.807, 2.05) is 36.0 Å². The Morgan fingerprint density at radius 1 is 1.30 bits per heavy atom. The molecular weight excluding hydrogens is 272 g/mol. The summed E-state index contributed by atoms with van der Waals surface area (Å²) in [6.45, 7) is 5.73. The van der Waals surface area contributed by atoms with Crippen LogP contribution in [0.15, 0.2) is 24.3 Å². The Labute approximate surface area is 125 Å². The number of para-hydroxylation sites is 2. The van der Waals surface area contributed by atoms with Gasteiger partial charge in [-0.2, -0.15) is 5.10 Å². The highest BCUT2D eigenvalue weighted by Crippen LogP contribution is 2.27. The van der Waals surface area contributed by atoms with E-state index in [0.717, 1.165) is 40.8 Å². The molecular formula is C15H21ClN4. The Kier molecular flexibility index (Phi) is 4.55. The first kappa shape index (κ1) is 14.7. The molecule has 5 heteroatoms. The number of hydrogen-bond acceptors (Lipinski definition) is 3. The van der Waals surface area contributed by atoms with Crippen LogP contribution in [0.1, 0.15) is 25.2 Å². The van der Waals surface area contributed by atoms with Crippen molar-refractivity contribution in [2.75, 3.05) is 17.2 Å². The zero-order chi connectivity index (χ0) is 14.7. The van der Waals surface area contributed by atoms with Gasteiger partial charge in [-0.25, -0.2) is 0 Å². The average Bonchev–Trinajstić information content (AvgIpc) is 2.72. The van der Waals surface area contributed by atoms with E-state index in [9.17, 15) is 0 Å². The molecule has 0 aliphatic rings. The van der Waals surface area contributed by atoms with Crippen LogP contribution in [-0.2, 0) is 20.0 Å². The molecule has 20 heavy (non-hydrogen) atoms. The molecule has 0 saturated carbocycles. The van der Waals surface area contributed by atoms with Gasteiger partial charge >= 0.3 is 0 Å². The minimum atomic E-state index is 0.701. The van der Waals surface area contributed by atoms with Gasteiger partial charge in [-0.15, -0.1) is 0 Å². The van der Waals surface area contributed by atoms with Gasteiger partial charge in [0.1, 0.15) is 0 Å². The van der Waals surface area contributed by atoms with Gasteiger partial charge in [-0.1, -0.05) is 30.7 Å². The molecule has 0 radical (unpaired) electrons. The van der Waals surface area contributed by atoms with Crippen molar-refractivity contribution in [1.29, 1.82) is 0 Å². The molecule has 0 unspecified atom stereocenters. The van der Waals surface area contributed by atoms with E-state index in [2.05, 4.69) is 23.8 Å². The number of halogens is 1. The van der Waals surface area contributed by atoms with Crippen LogP contribution in [0.5, 0.6) is 0 Å². The van der Waals surface area contributed by atoms with Crippen LogP contribution < -0.4 is 10.6 Å². The summed E-state index contributed by atoms with van der Waals surface area (Å²) in [6.07, 6.45) is 0.840. The zero-order valence-electron chi connectivity index (χ0n) is 12.2. The first-order chi connectivity index (χ1) is 9.58. The van der Waals surface area contributed by atoms with Gasteiger partial charge < -0.3 is 10.6 Å². The molecule has 1 heterocycles. The fourth-order valence-corrected chi connectivity index (χ4v) is 2.67. The summed E-state index contributed by atoms with van der Waals surface area (Å²) in [4.78, 5) is 2.21. The predicted molar refractivity (Wildman–Crippen MR) is 85.2 cm³/mol. The zero-order valence-corrected chi connectivity index (χ0v) is 13.0. The molecule has 2 aromatic rings. The molecule has 2 rings (SSSR count). The number of rotatable bonds is 5. The number of nitrogens with two attached hydrogens (primary N) is 1. The topological polar surface area (TPSA) is 47.1 Å². The normalized spacial score (nSPS) is 10.8. The summed E-state index contributed by atoms with van der Waals surface area (Å²) < 4.78 is 1.86. The van der Waals surface area contributed by atoms with E-state index in [-0.39, 0.29) is 0 Å². The Morgan fingerprint density at radius 2 is 2.00 bits per heavy atom. The Hall–Kier alpha value is -1.68. The molecule has 0 spiro atoms. The van der Waals surface area contributed by atoms with Gasteiger partial charge in [0.2, 0.25) is 0 Å². The van der Waals surface area contributed by atoms with Gasteiger partial charge in [0.05, 0.1) is 34.3 Å². The number of benzene rings is 1. The third-order valence-electron chi connectivity index (χ3n) is 3.50. The van der Waals surface area contributed by atoms with Crippen molar-refractivity contribution in [1.82, 2.24) is 9.78 Å². The van der Waals surface area contributed by atoms with Gasteiger partial charge in [0.15, 0.2) is 0 Å². The van der Waals surface area contributed by atoms with Crippen molar-refractivity contribution in [3.63, 3.8) is 0 Å². The highest BCUT2D eigenvalue weighted by molar-refractivity contribution is 6.31. The highest BCUT2D eigenvalue weighted by atomic mass is 35.5. The third kappa shape index (κ3) is 2.75. The van der Waals surface area contributed by atoms with Crippen molar-refractivity contribution in [2.24, 2.45) is 7.05 Å². The van der Waals surface area contributed by atoms with Crippen LogP contribution in [0.25, 0.3) is 0 Å². The number of anilines is 2. The lowest BCUT2D eigenvalue weighted by Crippen LogP contribution is -2.24. The van der Waals surface area contributed by atoms with Gasteiger partial charge in [-0.3, -0.25) is 4.68 Å². The number of hydrogen-bond donors (Lipinski definition) is 1. The third-order valence-corrected chi connectivity index (χ3v) is 3.94. The summed E-state index contributed by atoms with van der Waals surface area (Å²) in [5.74, 6) is 0. The number of nitrogen functional groups attached to an aromatic ring is 1. The smallest absolute Gasteiger partial charge is 0.0868 e. The molecule has 0 amide bonds. The number of aryl methyl sites for hydroxylation is 2. The average molecular weight is 293 g/mol. The van der Waals surface area contributed by atoms with Crippen LogP contribution in [0.2, 0.25) is 5.02 Å². The summed E-state index contributed by atoms with van der Waals surface area (Å²) in [5.41, 5.74) is 9.84. The van der Waals surface area contributed by atoms with E-state index in [0.29, 0.717) is 6.54 Å². The molecule has 1 aromatic heterocycles. The number of aromatic nitrogens is 2. The molecule has 0 aliphatic carbocycles. The molecule has 4 nitrogen and oxygen atoms in total. The molecule has 0 atom stereocenters. The predicted octanol–water partition coefficient (Wildman–Crippen LogP) is 3.24. The lowest BCUT2D eigenvalue weighted by molar-refractivity contribution is 0.678. The Bertz CT molecular complexity index is 592. The molecule has 1 aromatic carbocycles. The molecule has 0 aliphatic heterocycles. The van der Waals surface area contributed by atoms with E-state index >= 15 is 0 Å². The molecule has 0 saturated heterocycles. The monoisotopic (exact) mass is 292 g/mol. The lowest BCUT2D eigenvalue weighted by atomic mass is 10.2. The fraction of sp³-hybridized carbons (Fsp3) is 0.400. The van der Waals surface area contributed by atoms with E-state index in [4.69, 9.17) is 17.3 Å². The van der Waals surface area contributed by atoms with Crippen LogP contribution in [-0.4, -0.2) is 16.3 Å². The minimum absolute atomic E-state index is 0.701. The highest BCUT2D eigenvalue weighted by Gasteiger charge is 2.16. The SMILES string of the molecule is CCc1nn(C)c(CN(CC)c2ccccc2N)c1Cl. The largest absolute Gasteiger partial charge is 0.397 e. The Morgan fingerprint density at radius 3 is 2.55 bits per heavy atom. The van der Waals surface area contributed by atoms with Crippen LogP contribution in [0.3, 0.4) is 0 Å². The second kappa shape index (κ2) is 6.18. The second-order valence-electron chi connectivity index (χ2n) is 4.76.